The number of hydrogen-bond donors (Lipinski definition) is 1. The lowest BCUT2D eigenvalue weighted by molar-refractivity contribution is 0.0905. The highest BCUT2D eigenvalue weighted by Gasteiger charge is 2.07. The molecule has 0 radical (unpaired) electrons. The molecule has 0 fully saturated rings. The molecule has 0 bridgehead atoms. The van der Waals surface area contributed by atoms with Crippen molar-refractivity contribution in [1.82, 2.24) is 0 Å². The fourth-order valence-electron chi connectivity index (χ4n) is 0.873. The quantitative estimate of drug-likeness (QED) is 0.539. The van der Waals surface area contributed by atoms with E-state index in [0.717, 1.165) is 0 Å². The Morgan fingerprint density at radius 2 is 2.25 bits per heavy atom. The summed E-state index contributed by atoms with van der Waals surface area (Å²) >= 11 is 0. The van der Waals surface area contributed by atoms with E-state index in [1.807, 2.05) is 0 Å². The maximum absolute atomic E-state index is 12.5. The molecule has 0 spiro atoms. The summed E-state index contributed by atoms with van der Waals surface area (Å²) in [5, 5.41) is 9.00. The molecule has 0 heterocycles. The lowest BCUT2D eigenvalue weighted by Crippen LogP contribution is -2.13. The Bertz CT molecular complexity index is 312. The lowest BCUT2D eigenvalue weighted by atomic mass is 10.1. The van der Waals surface area contributed by atoms with Crippen molar-refractivity contribution in [2.75, 3.05) is 6.61 Å². The van der Waals surface area contributed by atoms with Crippen LogP contribution in [0, 0.1) is 5.82 Å². The first-order valence-corrected chi connectivity index (χ1v) is 3.92. The summed E-state index contributed by atoms with van der Waals surface area (Å²) in [6.07, 6.45) is 0. The van der Waals surface area contributed by atoms with E-state index in [1.165, 1.54) is 18.2 Å². The van der Waals surface area contributed by atoms with Crippen molar-refractivity contribution in [3.05, 3.63) is 29.6 Å². The largest absolute Gasteiger partial charge is 0.388 e. The van der Waals surface area contributed by atoms with Crippen LogP contribution in [-0.2, 0) is 0 Å². The van der Waals surface area contributed by atoms with Crippen molar-refractivity contribution in [1.29, 1.82) is 0 Å². The minimum Gasteiger partial charge on any atom is -0.388 e. The van der Waals surface area contributed by atoms with Crippen molar-refractivity contribution < 1.29 is 14.3 Å². The van der Waals surface area contributed by atoms with Crippen molar-refractivity contribution in [2.45, 2.75) is 0 Å². The normalized spacial score (nSPS) is 9.92. The molecule has 1 aromatic carbocycles. The lowest BCUT2D eigenvalue weighted by Gasteiger charge is -2.01. The van der Waals surface area contributed by atoms with Crippen molar-refractivity contribution in [3.63, 3.8) is 0 Å². The SMILES string of the molecule is O=C(CO)c1ccc(F)cc1P. The van der Waals surface area contributed by atoms with Crippen LogP contribution in [0.4, 0.5) is 4.39 Å². The van der Waals surface area contributed by atoms with Crippen LogP contribution >= 0.6 is 9.24 Å². The predicted molar refractivity (Wildman–Crippen MR) is 47.2 cm³/mol. The van der Waals surface area contributed by atoms with Gasteiger partial charge in [0.2, 0.25) is 0 Å². The fraction of sp³-hybridized carbons (Fsp3) is 0.125. The second-order valence-electron chi connectivity index (χ2n) is 2.31. The first kappa shape index (κ1) is 9.30. The summed E-state index contributed by atoms with van der Waals surface area (Å²) in [6, 6.07) is 3.78. The Morgan fingerprint density at radius 3 is 2.75 bits per heavy atom. The van der Waals surface area contributed by atoms with Crippen LogP contribution in [0.25, 0.3) is 0 Å². The third kappa shape index (κ3) is 1.87. The van der Waals surface area contributed by atoms with Crippen LogP contribution in [0.3, 0.4) is 0 Å². The standard InChI is InChI=1S/C8H8FO2P/c9-5-1-2-6(7(11)4-10)8(12)3-5/h1-3,10H,4,12H2. The van der Waals surface area contributed by atoms with Gasteiger partial charge in [-0.05, 0) is 23.5 Å². The highest BCUT2D eigenvalue weighted by atomic mass is 31.0. The molecule has 0 saturated carbocycles. The van der Waals surface area contributed by atoms with Gasteiger partial charge in [0.25, 0.3) is 0 Å². The van der Waals surface area contributed by atoms with E-state index < -0.39 is 18.2 Å². The van der Waals surface area contributed by atoms with Crippen molar-refractivity contribution in [3.8, 4) is 0 Å². The van der Waals surface area contributed by atoms with Gasteiger partial charge in [0.1, 0.15) is 12.4 Å². The maximum Gasteiger partial charge on any atom is 0.188 e. The minimum absolute atomic E-state index is 0.337. The molecule has 1 atom stereocenters. The van der Waals surface area contributed by atoms with Gasteiger partial charge >= 0.3 is 0 Å². The number of aliphatic hydroxyl groups is 1. The highest BCUT2D eigenvalue weighted by molar-refractivity contribution is 7.27. The summed E-state index contributed by atoms with van der Waals surface area (Å²) in [7, 11) is 2.25. The van der Waals surface area contributed by atoms with Gasteiger partial charge in [-0.25, -0.2) is 4.39 Å². The predicted octanol–water partition coefficient (Wildman–Crippen LogP) is 0.501. The third-order valence-corrected chi connectivity index (χ3v) is 1.94. The van der Waals surface area contributed by atoms with Gasteiger partial charge in [-0.1, -0.05) is 0 Å². The molecule has 0 saturated heterocycles. The first-order valence-electron chi connectivity index (χ1n) is 3.34. The van der Waals surface area contributed by atoms with Crippen LogP contribution in [-0.4, -0.2) is 17.5 Å². The van der Waals surface area contributed by atoms with Crippen molar-refractivity contribution >= 4 is 20.3 Å². The molecule has 12 heavy (non-hydrogen) atoms. The topological polar surface area (TPSA) is 37.3 Å². The number of halogens is 1. The Balaban J connectivity index is 3.09. The summed E-state index contributed by atoms with van der Waals surface area (Å²) in [4.78, 5) is 11.0. The molecule has 0 amide bonds. The molecule has 1 rings (SSSR count). The zero-order valence-electron chi connectivity index (χ0n) is 6.25. The molecule has 4 heteroatoms. The van der Waals surface area contributed by atoms with Gasteiger partial charge in [-0.3, -0.25) is 4.79 Å². The monoisotopic (exact) mass is 186 g/mol. The van der Waals surface area contributed by atoms with Crippen LogP contribution in [0.15, 0.2) is 18.2 Å². The second-order valence-corrected chi connectivity index (χ2v) is 2.93. The molecule has 64 valence electrons. The second kappa shape index (κ2) is 3.74. The molecular weight excluding hydrogens is 178 g/mol. The van der Waals surface area contributed by atoms with E-state index in [9.17, 15) is 9.18 Å². The van der Waals surface area contributed by atoms with Gasteiger partial charge in [0.15, 0.2) is 5.78 Å². The van der Waals surface area contributed by atoms with E-state index in [4.69, 9.17) is 5.11 Å². The summed E-state index contributed by atoms with van der Waals surface area (Å²) < 4.78 is 12.5. The third-order valence-electron chi connectivity index (χ3n) is 1.46. The Labute approximate surface area is 71.6 Å². The Kier molecular flexibility index (Phi) is 2.90. The van der Waals surface area contributed by atoms with Gasteiger partial charge in [-0.15, -0.1) is 9.24 Å². The number of hydrogen-bond acceptors (Lipinski definition) is 2. The zero-order valence-corrected chi connectivity index (χ0v) is 7.40. The molecule has 1 aromatic rings. The van der Waals surface area contributed by atoms with E-state index in [2.05, 4.69) is 9.24 Å². The number of benzene rings is 1. The van der Waals surface area contributed by atoms with Gasteiger partial charge in [0, 0.05) is 5.56 Å². The smallest absolute Gasteiger partial charge is 0.188 e. The number of aliphatic hydroxyl groups excluding tert-OH is 1. The Hall–Kier alpha value is -0.790. The minimum atomic E-state index is -0.549. The van der Waals surface area contributed by atoms with E-state index in [1.54, 1.807) is 0 Å². The number of carbonyl (C=O) groups excluding carboxylic acids is 1. The molecule has 0 aliphatic rings. The Morgan fingerprint density at radius 1 is 1.58 bits per heavy atom. The maximum atomic E-state index is 12.5. The molecule has 2 nitrogen and oxygen atoms in total. The zero-order chi connectivity index (χ0) is 9.14. The van der Waals surface area contributed by atoms with Crippen LogP contribution in [0.5, 0.6) is 0 Å². The number of Topliss-reactive ketones (excluding diaryl/α,β-unsaturated/α-hetero) is 1. The first-order chi connectivity index (χ1) is 5.65. The van der Waals surface area contributed by atoms with E-state index in [0.29, 0.717) is 10.9 Å². The number of rotatable bonds is 2. The number of carbonyl (C=O) groups is 1. The van der Waals surface area contributed by atoms with E-state index in [-0.39, 0.29) is 0 Å². The average molecular weight is 186 g/mol. The molecule has 0 aromatic heterocycles. The molecule has 1 N–H and O–H groups in total. The summed E-state index contributed by atoms with van der Waals surface area (Å²) in [5.41, 5.74) is 0.337. The molecule has 0 aliphatic carbocycles. The highest BCUT2D eigenvalue weighted by Crippen LogP contribution is 2.04. The summed E-state index contributed by atoms with van der Waals surface area (Å²) in [5.74, 6) is -0.797. The van der Waals surface area contributed by atoms with Crippen LogP contribution in [0.1, 0.15) is 10.4 Å². The van der Waals surface area contributed by atoms with Crippen LogP contribution < -0.4 is 5.30 Å². The average Bonchev–Trinajstić information content (AvgIpc) is 2.03. The van der Waals surface area contributed by atoms with Gasteiger partial charge in [-0.2, -0.15) is 0 Å². The summed E-state index contributed by atoms with van der Waals surface area (Å²) in [6.45, 7) is -0.549. The van der Waals surface area contributed by atoms with Crippen molar-refractivity contribution in [2.24, 2.45) is 0 Å². The number of ketones is 1. The van der Waals surface area contributed by atoms with Gasteiger partial charge in [0.05, 0.1) is 0 Å². The van der Waals surface area contributed by atoms with Crippen LogP contribution in [0.2, 0.25) is 0 Å². The molecule has 0 aliphatic heterocycles. The fourth-order valence-corrected chi connectivity index (χ4v) is 1.29. The van der Waals surface area contributed by atoms with Gasteiger partial charge < -0.3 is 5.11 Å². The molecule has 1 unspecified atom stereocenters. The molecular formula is C8H8FO2P. The van der Waals surface area contributed by atoms with E-state index >= 15 is 0 Å².